The molecule has 4 rings (SSSR count). The van der Waals surface area contributed by atoms with Crippen molar-refractivity contribution in [2.45, 2.75) is 12.3 Å². The number of Topliss-reactive ketones (excluding diaryl/α,β-unsaturated/α-hetero) is 1. The van der Waals surface area contributed by atoms with Crippen LogP contribution in [0.5, 0.6) is 0 Å². The van der Waals surface area contributed by atoms with E-state index in [9.17, 15) is 14.4 Å². The summed E-state index contributed by atoms with van der Waals surface area (Å²) in [5.74, 6) is -1.45. The summed E-state index contributed by atoms with van der Waals surface area (Å²) in [6.45, 7) is 0. The standard InChI is InChI=1S/C19H12FN3OS/c20-12-5-6-13-11(10-22-16(13)8-12)7-17(24)14(9-21)19-23-15-3-1-2-4-18(15)25-19/h1-6,8,10,14,22H,7H2/t14-/m1/s1. The Morgan fingerprint density at radius 3 is 2.96 bits per heavy atom. The van der Waals surface area contributed by atoms with Crippen molar-refractivity contribution in [2.24, 2.45) is 0 Å². The number of halogens is 1. The van der Waals surface area contributed by atoms with E-state index in [1.54, 1.807) is 12.3 Å². The van der Waals surface area contributed by atoms with Gasteiger partial charge in [-0.05, 0) is 35.9 Å². The smallest absolute Gasteiger partial charge is 0.161 e. The van der Waals surface area contributed by atoms with Crippen molar-refractivity contribution in [2.75, 3.05) is 0 Å². The van der Waals surface area contributed by atoms with Gasteiger partial charge in [0.15, 0.2) is 11.7 Å². The molecule has 0 bridgehead atoms. The van der Waals surface area contributed by atoms with Gasteiger partial charge in [0.25, 0.3) is 0 Å². The lowest BCUT2D eigenvalue weighted by atomic mass is 9.99. The number of ketones is 1. The van der Waals surface area contributed by atoms with E-state index in [0.717, 1.165) is 21.2 Å². The van der Waals surface area contributed by atoms with Crippen molar-refractivity contribution in [3.8, 4) is 6.07 Å². The summed E-state index contributed by atoms with van der Waals surface area (Å²) in [5.41, 5.74) is 2.18. The maximum atomic E-state index is 13.3. The SMILES string of the molecule is N#C[C@H](C(=O)Cc1c[nH]c2cc(F)ccc12)c1nc2ccccc2s1. The Morgan fingerprint density at radius 2 is 2.16 bits per heavy atom. The maximum absolute atomic E-state index is 13.3. The molecule has 1 atom stereocenters. The van der Waals surface area contributed by atoms with Crippen LogP contribution >= 0.6 is 11.3 Å². The van der Waals surface area contributed by atoms with Crippen molar-refractivity contribution in [1.82, 2.24) is 9.97 Å². The summed E-state index contributed by atoms with van der Waals surface area (Å²) in [6, 6.07) is 14.0. The molecule has 0 aliphatic carbocycles. The zero-order valence-corrected chi connectivity index (χ0v) is 13.8. The highest BCUT2D eigenvalue weighted by atomic mass is 32.1. The largest absolute Gasteiger partial charge is 0.361 e. The van der Waals surface area contributed by atoms with Crippen molar-refractivity contribution in [1.29, 1.82) is 5.26 Å². The lowest BCUT2D eigenvalue weighted by Gasteiger charge is -2.04. The van der Waals surface area contributed by atoms with E-state index in [0.29, 0.717) is 10.5 Å². The minimum absolute atomic E-state index is 0.0970. The van der Waals surface area contributed by atoms with Crippen LogP contribution in [0.15, 0.2) is 48.7 Å². The highest BCUT2D eigenvalue weighted by molar-refractivity contribution is 7.18. The maximum Gasteiger partial charge on any atom is 0.161 e. The number of rotatable bonds is 4. The number of carbonyl (C=O) groups is 1. The molecule has 0 spiro atoms. The van der Waals surface area contributed by atoms with Gasteiger partial charge in [0, 0.05) is 23.5 Å². The molecule has 0 fully saturated rings. The number of nitrogens with one attached hydrogen (secondary N) is 1. The topological polar surface area (TPSA) is 69.5 Å². The molecule has 2 heterocycles. The monoisotopic (exact) mass is 349 g/mol. The fourth-order valence-corrected chi connectivity index (χ4v) is 3.91. The van der Waals surface area contributed by atoms with Gasteiger partial charge in [0.2, 0.25) is 0 Å². The third-order valence-corrected chi connectivity index (χ3v) is 5.20. The van der Waals surface area contributed by atoms with Gasteiger partial charge in [0.1, 0.15) is 10.8 Å². The number of thiazole rings is 1. The van der Waals surface area contributed by atoms with Crippen LogP contribution in [0.3, 0.4) is 0 Å². The van der Waals surface area contributed by atoms with E-state index in [-0.39, 0.29) is 18.0 Å². The molecule has 0 radical (unpaired) electrons. The molecule has 0 saturated carbocycles. The van der Waals surface area contributed by atoms with E-state index >= 15 is 0 Å². The van der Waals surface area contributed by atoms with Crippen LogP contribution in [0.1, 0.15) is 16.5 Å². The van der Waals surface area contributed by atoms with E-state index in [1.807, 2.05) is 24.3 Å². The van der Waals surface area contributed by atoms with E-state index < -0.39 is 5.92 Å². The molecule has 0 amide bonds. The van der Waals surface area contributed by atoms with Crippen molar-refractivity contribution >= 4 is 38.2 Å². The number of benzene rings is 2. The Balaban J connectivity index is 1.65. The quantitative estimate of drug-likeness (QED) is 0.596. The number of hydrogen-bond acceptors (Lipinski definition) is 4. The van der Waals surface area contributed by atoms with Crippen LogP contribution in [0, 0.1) is 17.1 Å². The number of aromatic nitrogens is 2. The third kappa shape index (κ3) is 2.79. The van der Waals surface area contributed by atoms with E-state index in [1.165, 1.54) is 23.5 Å². The van der Waals surface area contributed by atoms with Crippen LogP contribution in [0.4, 0.5) is 4.39 Å². The van der Waals surface area contributed by atoms with Crippen molar-refractivity contribution < 1.29 is 9.18 Å². The molecule has 25 heavy (non-hydrogen) atoms. The number of nitrogens with zero attached hydrogens (tertiary/aromatic N) is 2. The number of carbonyl (C=O) groups excluding carboxylic acids is 1. The summed E-state index contributed by atoms with van der Waals surface area (Å²) in [7, 11) is 0. The second-order valence-corrected chi connectivity index (χ2v) is 6.79. The minimum atomic E-state index is -0.900. The Bertz CT molecular complexity index is 1110. The number of nitriles is 1. The normalized spacial score (nSPS) is 12.3. The molecule has 1 N–H and O–H groups in total. The first kappa shape index (κ1) is 15.5. The first-order valence-electron chi connectivity index (χ1n) is 7.69. The van der Waals surface area contributed by atoms with Gasteiger partial charge in [-0.15, -0.1) is 11.3 Å². The Kier molecular flexibility index (Phi) is 3.79. The molecule has 6 heteroatoms. The molecule has 2 aromatic carbocycles. The predicted molar refractivity (Wildman–Crippen MR) is 94.9 cm³/mol. The van der Waals surface area contributed by atoms with Gasteiger partial charge < -0.3 is 4.98 Å². The number of fused-ring (bicyclic) bond motifs is 2. The molecule has 0 saturated heterocycles. The molecule has 2 aromatic heterocycles. The summed E-state index contributed by atoms with van der Waals surface area (Å²) in [6.07, 6.45) is 1.79. The van der Waals surface area contributed by atoms with E-state index in [4.69, 9.17) is 0 Å². The third-order valence-electron chi connectivity index (χ3n) is 4.10. The Hall–Kier alpha value is -3.04. The minimum Gasteiger partial charge on any atom is -0.361 e. The zero-order chi connectivity index (χ0) is 17.4. The van der Waals surface area contributed by atoms with Crippen LogP contribution in [-0.4, -0.2) is 15.8 Å². The highest BCUT2D eigenvalue weighted by Gasteiger charge is 2.25. The second-order valence-electron chi connectivity index (χ2n) is 5.73. The summed E-state index contributed by atoms with van der Waals surface area (Å²) >= 11 is 1.36. The molecular formula is C19H12FN3OS. The van der Waals surface area contributed by atoms with Crippen LogP contribution in [0.25, 0.3) is 21.1 Å². The molecule has 4 nitrogen and oxygen atoms in total. The fraction of sp³-hybridized carbons (Fsp3) is 0.105. The van der Waals surface area contributed by atoms with Gasteiger partial charge in [-0.2, -0.15) is 5.26 Å². The van der Waals surface area contributed by atoms with Gasteiger partial charge in [-0.1, -0.05) is 12.1 Å². The number of para-hydroxylation sites is 1. The summed E-state index contributed by atoms with van der Waals surface area (Å²) < 4.78 is 14.2. The average Bonchev–Trinajstić information content (AvgIpc) is 3.19. The van der Waals surface area contributed by atoms with Gasteiger partial charge in [-0.25, -0.2) is 9.37 Å². The lowest BCUT2D eigenvalue weighted by Crippen LogP contribution is -2.13. The van der Waals surface area contributed by atoms with Crippen LogP contribution in [0.2, 0.25) is 0 Å². The first-order chi connectivity index (χ1) is 12.2. The lowest BCUT2D eigenvalue weighted by molar-refractivity contribution is -0.118. The first-order valence-corrected chi connectivity index (χ1v) is 8.50. The molecule has 0 aliphatic heterocycles. The molecule has 122 valence electrons. The number of hydrogen-bond donors (Lipinski definition) is 1. The molecule has 0 aliphatic rings. The number of aromatic amines is 1. The Labute approximate surface area is 146 Å². The van der Waals surface area contributed by atoms with E-state index in [2.05, 4.69) is 16.0 Å². The zero-order valence-electron chi connectivity index (χ0n) is 13.0. The molecule has 0 unspecified atom stereocenters. The fourth-order valence-electron chi connectivity index (χ4n) is 2.87. The van der Waals surface area contributed by atoms with Crippen LogP contribution < -0.4 is 0 Å². The Morgan fingerprint density at radius 1 is 1.32 bits per heavy atom. The van der Waals surface area contributed by atoms with Crippen LogP contribution in [-0.2, 0) is 11.2 Å². The van der Waals surface area contributed by atoms with Crippen molar-refractivity contribution in [3.63, 3.8) is 0 Å². The number of H-pyrrole nitrogens is 1. The second kappa shape index (κ2) is 6.11. The highest BCUT2D eigenvalue weighted by Crippen LogP contribution is 2.29. The van der Waals surface area contributed by atoms with Crippen molar-refractivity contribution in [3.05, 3.63) is 65.0 Å². The molecular weight excluding hydrogens is 337 g/mol. The van der Waals surface area contributed by atoms with Gasteiger partial charge in [0.05, 0.1) is 16.3 Å². The average molecular weight is 349 g/mol. The predicted octanol–water partition coefficient (Wildman–Crippen LogP) is 4.34. The van der Waals surface area contributed by atoms with Gasteiger partial charge >= 0.3 is 0 Å². The van der Waals surface area contributed by atoms with Gasteiger partial charge in [-0.3, -0.25) is 4.79 Å². The summed E-state index contributed by atoms with van der Waals surface area (Å²) in [5, 5.41) is 10.8. The summed E-state index contributed by atoms with van der Waals surface area (Å²) in [4.78, 5) is 20.1. The molecule has 4 aromatic rings.